The Morgan fingerprint density at radius 2 is 2.27 bits per heavy atom. The van der Waals surface area contributed by atoms with E-state index in [-0.39, 0.29) is 0 Å². The lowest BCUT2D eigenvalue weighted by Gasteiger charge is -2.39. The van der Waals surface area contributed by atoms with Crippen LogP contribution in [0.2, 0.25) is 0 Å². The zero-order chi connectivity index (χ0) is 11.1. The average molecular weight is 207 g/mol. The van der Waals surface area contributed by atoms with Gasteiger partial charge >= 0.3 is 0 Å². The quantitative estimate of drug-likeness (QED) is 0.678. The zero-order valence-electron chi connectivity index (χ0n) is 10.3. The van der Waals surface area contributed by atoms with Crippen molar-refractivity contribution in [3.05, 3.63) is 24.3 Å². The maximum Gasteiger partial charge on any atom is 0.00713 e. The molecule has 0 aromatic rings. The van der Waals surface area contributed by atoms with Crippen LogP contribution in [0.3, 0.4) is 0 Å². The molecule has 1 nitrogen and oxygen atoms in total. The SMILES string of the molecule is C=CCC1(/C(=C/CC)CC)CCCNC1. The third-order valence-corrected chi connectivity index (χ3v) is 3.52. The number of hydrogen-bond acceptors (Lipinski definition) is 1. The molecule has 15 heavy (non-hydrogen) atoms. The molecule has 1 fully saturated rings. The highest BCUT2D eigenvalue weighted by atomic mass is 14.9. The zero-order valence-corrected chi connectivity index (χ0v) is 10.3. The summed E-state index contributed by atoms with van der Waals surface area (Å²) < 4.78 is 0. The lowest BCUT2D eigenvalue weighted by atomic mass is 9.70. The normalized spacial score (nSPS) is 27.7. The molecule has 1 rings (SSSR count). The van der Waals surface area contributed by atoms with Crippen molar-refractivity contribution < 1.29 is 0 Å². The molecule has 1 aliphatic heterocycles. The second-order valence-corrected chi connectivity index (χ2v) is 4.54. The van der Waals surface area contributed by atoms with E-state index in [4.69, 9.17) is 0 Å². The van der Waals surface area contributed by atoms with E-state index in [1.165, 1.54) is 25.8 Å². The highest BCUT2D eigenvalue weighted by Crippen LogP contribution is 2.39. The first-order valence-electron chi connectivity index (χ1n) is 6.30. The number of nitrogens with one attached hydrogen (secondary N) is 1. The highest BCUT2D eigenvalue weighted by Gasteiger charge is 2.33. The Balaban J connectivity index is 2.86. The summed E-state index contributed by atoms with van der Waals surface area (Å²) in [7, 11) is 0. The molecule has 1 N–H and O–H groups in total. The summed E-state index contributed by atoms with van der Waals surface area (Å²) in [5.41, 5.74) is 2.02. The monoisotopic (exact) mass is 207 g/mol. The van der Waals surface area contributed by atoms with Crippen LogP contribution in [0.1, 0.15) is 46.0 Å². The smallest absolute Gasteiger partial charge is 0.00713 e. The van der Waals surface area contributed by atoms with Gasteiger partial charge in [0.05, 0.1) is 0 Å². The molecule has 1 saturated heterocycles. The molecule has 1 atom stereocenters. The first-order valence-corrected chi connectivity index (χ1v) is 6.30. The van der Waals surface area contributed by atoms with Crippen molar-refractivity contribution in [2.75, 3.05) is 13.1 Å². The van der Waals surface area contributed by atoms with Crippen LogP contribution in [0.5, 0.6) is 0 Å². The van der Waals surface area contributed by atoms with Gasteiger partial charge in [0.25, 0.3) is 0 Å². The number of hydrogen-bond donors (Lipinski definition) is 1. The third-order valence-electron chi connectivity index (χ3n) is 3.52. The van der Waals surface area contributed by atoms with Crippen LogP contribution < -0.4 is 5.32 Å². The Morgan fingerprint density at radius 1 is 1.47 bits per heavy atom. The van der Waals surface area contributed by atoms with Crippen molar-refractivity contribution in [3.63, 3.8) is 0 Å². The predicted molar refractivity (Wildman–Crippen MR) is 68.0 cm³/mol. The van der Waals surface area contributed by atoms with Gasteiger partial charge in [0, 0.05) is 12.0 Å². The fourth-order valence-electron chi connectivity index (χ4n) is 2.81. The maximum atomic E-state index is 3.92. The Bertz CT molecular complexity index is 221. The molecular formula is C14H25N. The molecule has 86 valence electrons. The van der Waals surface area contributed by atoms with Crippen LogP contribution in [-0.2, 0) is 0 Å². The second kappa shape index (κ2) is 6.12. The number of piperidine rings is 1. The standard InChI is InChI=1S/C14H25N/c1-4-8-13(6-3)14(9-5-2)10-7-11-15-12-14/h5,8,15H,2,4,6-7,9-12H2,1,3H3/b13-8+. The molecule has 1 aliphatic rings. The van der Waals surface area contributed by atoms with Crippen molar-refractivity contribution in [2.24, 2.45) is 5.41 Å². The molecule has 0 aromatic heterocycles. The molecule has 0 radical (unpaired) electrons. The van der Waals surface area contributed by atoms with Gasteiger partial charge < -0.3 is 5.32 Å². The predicted octanol–water partition coefficient (Wildman–Crippen LogP) is 3.68. The first-order chi connectivity index (χ1) is 7.29. The van der Waals surface area contributed by atoms with Crippen molar-refractivity contribution >= 4 is 0 Å². The lowest BCUT2D eigenvalue weighted by Crippen LogP contribution is -2.41. The molecule has 1 heterocycles. The van der Waals surface area contributed by atoms with Gasteiger partial charge in [-0.1, -0.05) is 31.6 Å². The van der Waals surface area contributed by atoms with Crippen molar-refractivity contribution in [1.82, 2.24) is 5.32 Å². The minimum atomic E-state index is 0.380. The van der Waals surface area contributed by atoms with Gasteiger partial charge in [0.15, 0.2) is 0 Å². The van der Waals surface area contributed by atoms with Gasteiger partial charge in [-0.25, -0.2) is 0 Å². The molecular weight excluding hydrogens is 182 g/mol. The fourth-order valence-corrected chi connectivity index (χ4v) is 2.81. The van der Waals surface area contributed by atoms with E-state index >= 15 is 0 Å². The molecule has 0 spiro atoms. The van der Waals surface area contributed by atoms with Crippen LogP contribution >= 0.6 is 0 Å². The van der Waals surface area contributed by atoms with Gasteiger partial charge in [0.1, 0.15) is 0 Å². The van der Waals surface area contributed by atoms with E-state index in [0.717, 1.165) is 19.4 Å². The minimum Gasteiger partial charge on any atom is -0.316 e. The molecule has 0 amide bonds. The van der Waals surface area contributed by atoms with Gasteiger partial charge in [-0.05, 0) is 38.6 Å². The largest absolute Gasteiger partial charge is 0.316 e. The summed E-state index contributed by atoms with van der Waals surface area (Å²) in [5, 5.41) is 3.55. The van der Waals surface area contributed by atoms with Gasteiger partial charge in [-0.2, -0.15) is 0 Å². The summed E-state index contributed by atoms with van der Waals surface area (Å²) in [6, 6.07) is 0. The molecule has 0 bridgehead atoms. The van der Waals surface area contributed by atoms with Crippen LogP contribution in [0.25, 0.3) is 0 Å². The van der Waals surface area contributed by atoms with E-state index in [9.17, 15) is 0 Å². The Labute approximate surface area is 94.6 Å². The van der Waals surface area contributed by atoms with Crippen LogP contribution in [-0.4, -0.2) is 13.1 Å². The summed E-state index contributed by atoms with van der Waals surface area (Å²) in [6.07, 6.45) is 10.6. The van der Waals surface area contributed by atoms with Crippen LogP contribution in [0.15, 0.2) is 24.3 Å². The topological polar surface area (TPSA) is 12.0 Å². The van der Waals surface area contributed by atoms with Crippen molar-refractivity contribution in [3.8, 4) is 0 Å². The van der Waals surface area contributed by atoms with E-state index in [1.54, 1.807) is 5.57 Å². The first kappa shape index (κ1) is 12.5. The Kier molecular flexibility index (Phi) is 5.10. The van der Waals surface area contributed by atoms with E-state index in [0.29, 0.717) is 5.41 Å². The van der Waals surface area contributed by atoms with E-state index in [1.807, 2.05) is 0 Å². The summed E-state index contributed by atoms with van der Waals surface area (Å²) in [5.74, 6) is 0. The molecule has 1 unspecified atom stereocenters. The fraction of sp³-hybridized carbons (Fsp3) is 0.714. The van der Waals surface area contributed by atoms with E-state index < -0.39 is 0 Å². The van der Waals surface area contributed by atoms with Gasteiger partial charge in [-0.3, -0.25) is 0 Å². The summed E-state index contributed by atoms with van der Waals surface area (Å²) in [6.45, 7) is 10.8. The minimum absolute atomic E-state index is 0.380. The van der Waals surface area contributed by atoms with Gasteiger partial charge in [0.2, 0.25) is 0 Å². The maximum absolute atomic E-state index is 3.92. The average Bonchev–Trinajstić information content (AvgIpc) is 2.27. The third kappa shape index (κ3) is 2.94. The highest BCUT2D eigenvalue weighted by molar-refractivity contribution is 5.18. The van der Waals surface area contributed by atoms with Crippen LogP contribution in [0.4, 0.5) is 0 Å². The summed E-state index contributed by atoms with van der Waals surface area (Å²) in [4.78, 5) is 0. The van der Waals surface area contributed by atoms with Crippen molar-refractivity contribution in [1.29, 1.82) is 0 Å². The number of rotatable bonds is 5. The number of allylic oxidation sites excluding steroid dienone is 2. The summed E-state index contributed by atoms with van der Waals surface area (Å²) >= 11 is 0. The molecule has 0 aliphatic carbocycles. The van der Waals surface area contributed by atoms with Crippen LogP contribution in [0, 0.1) is 5.41 Å². The molecule has 0 aromatic carbocycles. The van der Waals surface area contributed by atoms with E-state index in [2.05, 4.69) is 37.9 Å². The Hall–Kier alpha value is -0.560. The molecule has 1 heteroatoms. The van der Waals surface area contributed by atoms with Gasteiger partial charge in [-0.15, -0.1) is 6.58 Å². The molecule has 0 saturated carbocycles. The Morgan fingerprint density at radius 3 is 2.73 bits per heavy atom. The lowest BCUT2D eigenvalue weighted by molar-refractivity contribution is 0.256. The van der Waals surface area contributed by atoms with Crippen molar-refractivity contribution in [2.45, 2.75) is 46.0 Å². The second-order valence-electron chi connectivity index (χ2n) is 4.54.